The summed E-state index contributed by atoms with van der Waals surface area (Å²) in [6.07, 6.45) is 8.98. The number of carbonyl (C=O) groups is 2. The Labute approximate surface area is 135 Å². The minimum absolute atomic E-state index is 0.238. The van der Waals surface area contributed by atoms with Crippen molar-refractivity contribution in [2.45, 2.75) is 13.7 Å². The third-order valence-corrected chi connectivity index (χ3v) is 4.73. The van der Waals surface area contributed by atoms with Crippen LogP contribution in [0.25, 0.3) is 0 Å². The lowest BCUT2D eigenvalue weighted by Crippen LogP contribution is -2.13. The van der Waals surface area contributed by atoms with Gasteiger partial charge in [0.25, 0.3) is 0 Å². The number of hydrogen-bond acceptors (Lipinski definition) is 4. The van der Waals surface area contributed by atoms with E-state index in [1.807, 2.05) is 0 Å². The lowest BCUT2D eigenvalue weighted by Gasteiger charge is -2.24. The number of ether oxygens (including phenoxy) is 2. The fourth-order valence-electron chi connectivity index (χ4n) is 1.65. The first kappa shape index (κ1) is 18.3. The summed E-state index contributed by atoms with van der Waals surface area (Å²) in [5, 5.41) is 0. The Balaban J connectivity index is 2.77. The van der Waals surface area contributed by atoms with E-state index in [9.17, 15) is 9.59 Å². The van der Waals surface area contributed by atoms with Crippen molar-refractivity contribution >= 4 is 38.2 Å². The molecule has 21 heavy (non-hydrogen) atoms. The number of rotatable bonds is 8. The molecule has 0 saturated heterocycles. The van der Waals surface area contributed by atoms with Crippen LogP contribution in [0.5, 0.6) is 0 Å². The molecule has 0 saturated carbocycles. The minimum atomic E-state index is -0.605. The highest BCUT2D eigenvalue weighted by atomic mass is 79.9. The van der Waals surface area contributed by atoms with Crippen LogP contribution < -0.4 is 0 Å². The van der Waals surface area contributed by atoms with Crippen LogP contribution in [-0.2, 0) is 16.2 Å². The summed E-state index contributed by atoms with van der Waals surface area (Å²) in [5.41, 5.74) is 0.514. The minimum Gasteiger partial charge on any atom is -0.462 e. The summed E-state index contributed by atoms with van der Waals surface area (Å²) < 4.78 is 12.7. The van der Waals surface area contributed by atoms with Crippen LogP contribution in [0.3, 0.4) is 0 Å². The van der Waals surface area contributed by atoms with E-state index >= 15 is 0 Å². The average Bonchev–Trinajstić information content (AvgIpc) is 2.69. The molecular formula is C14H22BrNO4S. The van der Waals surface area contributed by atoms with Gasteiger partial charge in [-0.15, -0.1) is 0 Å². The summed E-state index contributed by atoms with van der Waals surface area (Å²) in [6, 6.07) is 0. The molecular weight excluding hydrogens is 358 g/mol. The Morgan fingerprint density at radius 1 is 1.43 bits per heavy atom. The maximum absolute atomic E-state index is 11.9. The van der Waals surface area contributed by atoms with Gasteiger partial charge in [-0.2, -0.15) is 0 Å². The molecule has 0 amide bonds. The SMILES string of the molecule is CCOC(=O)c1c(Br)cn(COCCS(C)(C)C)c1C=O. The quantitative estimate of drug-likeness (QED) is 0.395. The Morgan fingerprint density at radius 2 is 2.10 bits per heavy atom. The Hall–Kier alpha value is -0.790. The van der Waals surface area contributed by atoms with E-state index in [2.05, 4.69) is 34.7 Å². The van der Waals surface area contributed by atoms with Crippen LogP contribution >= 0.6 is 26.0 Å². The molecule has 0 atom stereocenters. The van der Waals surface area contributed by atoms with Gasteiger partial charge in [0.05, 0.1) is 23.4 Å². The molecule has 0 radical (unpaired) electrons. The van der Waals surface area contributed by atoms with Gasteiger partial charge >= 0.3 is 5.97 Å². The van der Waals surface area contributed by atoms with Gasteiger partial charge in [0, 0.05) is 11.9 Å². The molecule has 0 aromatic carbocycles. The summed E-state index contributed by atoms with van der Waals surface area (Å²) >= 11 is 3.29. The highest BCUT2D eigenvalue weighted by Crippen LogP contribution is 2.33. The molecule has 0 spiro atoms. The zero-order chi connectivity index (χ0) is 16.0. The van der Waals surface area contributed by atoms with E-state index in [1.54, 1.807) is 17.7 Å². The number of halogens is 1. The number of carbonyl (C=O) groups excluding carboxylic acids is 2. The molecule has 0 aliphatic carbocycles. The molecule has 0 aliphatic rings. The Kier molecular flexibility index (Phi) is 6.96. The van der Waals surface area contributed by atoms with Crippen LogP contribution in [-0.4, -0.2) is 54.6 Å². The molecule has 1 aromatic heterocycles. The van der Waals surface area contributed by atoms with Crippen molar-refractivity contribution in [3.05, 3.63) is 21.9 Å². The maximum Gasteiger partial charge on any atom is 0.341 e. The van der Waals surface area contributed by atoms with Crippen molar-refractivity contribution in [3.8, 4) is 0 Å². The third-order valence-electron chi connectivity index (χ3n) is 2.74. The first-order valence-electron chi connectivity index (χ1n) is 6.54. The van der Waals surface area contributed by atoms with Crippen molar-refractivity contribution in [1.82, 2.24) is 4.57 Å². The van der Waals surface area contributed by atoms with Crippen molar-refractivity contribution in [2.24, 2.45) is 0 Å². The monoisotopic (exact) mass is 379 g/mol. The number of aromatic nitrogens is 1. The van der Waals surface area contributed by atoms with Crippen LogP contribution in [0.15, 0.2) is 10.7 Å². The van der Waals surface area contributed by atoms with Gasteiger partial charge in [-0.3, -0.25) is 4.79 Å². The normalized spacial score (nSPS) is 12.2. The molecule has 0 bridgehead atoms. The Bertz CT molecular complexity index is 508. The standard InChI is InChI=1S/C14H22BrNO4S/c1-5-20-14(18)13-11(15)8-16(12(13)9-17)10-19-6-7-21(2,3)4/h8-9H,5-7,10H2,1-4H3. The first-order chi connectivity index (χ1) is 9.80. The second-order valence-electron chi connectivity index (χ2n) is 5.38. The molecule has 7 heteroatoms. The lowest BCUT2D eigenvalue weighted by atomic mass is 10.2. The van der Waals surface area contributed by atoms with Crippen molar-refractivity contribution < 1.29 is 19.1 Å². The zero-order valence-electron chi connectivity index (χ0n) is 12.8. The summed E-state index contributed by atoms with van der Waals surface area (Å²) in [5.74, 6) is 0.487. The van der Waals surface area contributed by atoms with E-state index in [-0.39, 0.29) is 24.6 Å². The average molecular weight is 380 g/mol. The van der Waals surface area contributed by atoms with Gasteiger partial charge in [0.15, 0.2) is 6.29 Å². The molecule has 120 valence electrons. The van der Waals surface area contributed by atoms with Gasteiger partial charge < -0.3 is 14.0 Å². The number of hydrogen-bond donors (Lipinski definition) is 0. The predicted octanol–water partition coefficient (Wildman–Crippen LogP) is 2.91. The second-order valence-corrected chi connectivity index (χ2v) is 10.8. The molecule has 0 N–H and O–H groups in total. The van der Waals surface area contributed by atoms with E-state index in [1.165, 1.54) is 0 Å². The maximum atomic E-state index is 11.9. The third kappa shape index (κ3) is 5.48. The highest BCUT2D eigenvalue weighted by Gasteiger charge is 2.21. The molecule has 0 fully saturated rings. The van der Waals surface area contributed by atoms with E-state index in [0.717, 1.165) is 5.75 Å². The van der Waals surface area contributed by atoms with E-state index in [4.69, 9.17) is 9.47 Å². The molecule has 0 unspecified atom stereocenters. The Morgan fingerprint density at radius 3 is 2.62 bits per heavy atom. The molecule has 0 aliphatic heterocycles. The summed E-state index contributed by atoms with van der Waals surface area (Å²) in [7, 11) is -0.605. The number of aldehydes is 1. The molecule has 1 rings (SSSR count). The lowest BCUT2D eigenvalue weighted by molar-refractivity contribution is 0.0521. The van der Waals surface area contributed by atoms with Crippen molar-refractivity contribution in [1.29, 1.82) is 0 Å². The fourth-order valence-corrected chi connectivity index (χ4v) is 2.88. The molecule has 5 nitrogen and oxygen atoms in total. The summed E-state index contributed by atoms with van der Waals surface area (Å²) in [4.78, 5) is 23.1. The van der Waals surface area contributed by atoms with E-state index in [0.29, 0.717) is 17.4 Å². The molecule has 1 aromatic rings. The zero-order valence-corrected chi connectivity index (χ0v) is 15.3. The van der Waals surface area contributed by atoms with E-state index < -0.39 is 16.0 Å². The highest BCUT2D eigenvalue weighted by molar-refractivity contribution is 9.10. The topological polar surface area (TPSA) is 57.5 Å². The first-order valence-corrected chi connectivity index (χ1v) is 10.4. The van der Waals surface area contributed by atoms with Gasteiger partial charge in [-0.05, 0) is 41.6 Å². The second kappa shape index (κ2) is 8.00. The number of nitrogens with zero attached hydrogens (tertiary/aromatic N) is 1. The van der Waals surface area contributed by atoms with Gasteiger partial charge in [-0.25, -0.2) is 14.8 Å². The van der Waals surface area contributed by atoms with Crippen LogP contribution in [0.4, 0.5) is 0 Å². The van der Waals surface area contributed by atoms with Gasteiger partial charge in [0.1, 0.15) is 12.3 Å². The van der Waals surface area contributed by atoms with Gasteiger partial charge in [-0.1, -0.05) is 0 Å². The van der Waals surface area contributed by atoms with Gasteiger partial charge in [0.2, 0.25) is 0 Å². The largest absolute Gasteiger partial charge is 0.462 e. The fraction of sp³-hybridized carbons (Fsp3) is 0.571. The predicted molar refractivity (Wildman–Crippen MR) is 89.7 cm³/mol. The number of esters is 1. The van der Waals surface area contributed by atoms with Crippen LogP contribution in [0, 0.1) is 0 Å². The van der Waals surface area contributed by atoms with Crippen molar-refractivity contribution in [2.75, 3.05) is 37.7 Å². The summed E-state index contributed by atoms with van der Waals surface area (Å²) in [6.45, 7) is 2.85. The van der Waals surface area contributed by atoms with Crippen LogP contribution in [0.1, 0.15) is 27.8 Å². The molecule has 1 heterocycles. The smallest absolute Gasteiger partial charge is 0.341 e. The van der Waals surface area contributed by atoms with Crippen molar-refractivity contribution in [3.63, 3.8) is 0 Å². The van der Waals surface area contributed by atoms with Crippen LogP contribution in [0.2, 0.25) is 0 Å².